The van der Waals surface area contributed by atoms with Crippen LogP contribution in [0.3, 0.4) is 0 Å². The molecule has 0 fully saturated rings. The van der Waals surface area contributed by atoms with Gasteiger partial charge in [0.15, 0.2) is 0 Å². The molecule has 0 aliphatic heterocycles. The number of hydrogen-bond acceptors (Lipinski definition) is 5. The second-order valence-electron chi connectivity index (χ2n) is 4.43. The van der Waals surface area contributed by atoms with Crippen molar-refractivity contribution in [2.75, 3.05) is 0 Å². The molecule has 0 aromatic carbocycles. The van der Waals surface area contributed by atoms with E-state index in [0.29, 0.717) is 13.1 Å². The van der Waals surface area contributed by atoms with Crippen LogP contribution in [0.5, 0.6) is 0 Å². The predicted molar refractivity (Wildman–Crippen MR) is 72.0 cm³/mol. The van der Waals surface area contributed by atoms with Gasteiger partial charge in [-0.1, -0.05) is 5.21 Å². The molecule has 3 aromatic rings. The van der Waals surface area contributed by atoms with Gasteiger partial charge in [0, 0.05) is 11.1 Å². The fourth-order valence-electron chi connectivity index (χ4n) is 1.85. The molecule has 3 rings (SSSR count). The van der Waals surface area contributed by atoms with Gasteiger partial charge in [0.2, 0.25) is 0 Å². The molecule has 0 bridgehead atoms. The zero-order valence-electron chi connectivity index (χ0n) is 10.8. The van der Waals surface area contributed by atoms with E-state index in [-0.39, 0.29) is 0 Å². The molecule has 0 amide bonds. The fourth-order valence-corrected chi connectivity index (χ4v) is 2.40. The van der Waals surface area contributed by atoms with Crippen LogP contribution < -0.4 is 0 Å². The van der Waals surface area contributed by atoms with Crippen molar-refractivity contribution in [3.63, 3.8) is 0 Å². The number of aryl methyl sites for hydroxylation is 1. The van der Waals surface area contributed by atoms with Gasteiger partial charge in [0.25, 0.3) is 0 Å². The summed E-state index contributed by atoms with van der Waals surface area (Å²) in [5.74, 6) is 0. The quantitative estimate of drug-likeness (QED) is 0.725. The van der Waals surface area contributed by atoms with Crippen LogP contribution in [0.15, 0.2) is 23.4 Å². The lowest BCUT2D eigenvalue weighted by Crippen LogP contribution is -2.01. The summed E-state index contributed by atoms with van der Waals surface area (Å²) in [6, 6.07) is 0. The Morgan fingerprint density at radius 3 is 2.74 bits per heavy atom. The first kappa shape index (κ1) is 12.0. The van der Waals surface area contributed by atoms with Gasteiger partial charge < -0.3 is 4.57 Å². The zero-order chi connectivity index (χ0) is 13.2. The number of imidazole rings is 1. The maximum Gasteiger partial charge on any atom is 0.102 e. The van der Waals surface area contributed by atoms with Gasteiger partial charge in [-0.15, -0.1) is 16.4 Å². The van der Waals surface area contributed by atoms with Crippen molar-refractivity contribution in [2.24, 2.45) is 0 Å². The lowest BCUT2D eigenvalue weighted by atomic mass is 10.3. The van der Waals surface area contributed by atoms with Crippen LogP contribution >= 0.6 is 11.3 Å². The summed E-state index contributed by atoms with van der Waals surface area (Å²) in [6.07, 6.45) is 3.79. The summed E-state index contributed by atoms with van der Waals surface area (Å²) in [5, 5.41) is 10.3. The summed E-state index contributed by atoms with van der Waals surface area (Å²) < 4.78 is 3.88. The van der Waals surface area contributed by atoms with Gasteiger partial charge in [0.1, 0.15) is 5.69 Å². The van der Waals surface area contributed by atoms with Crippen LogP contribution in [-0.4, -0.2) is 29.5 Å². The molecule has 19 heavy (non-hydrogen) atoms. The maximum absolute atomic E-state index is 4.28. The molecule has 0 aliphatic carbocycles. The van der Waals surface area contributed by atoms with Gasteiger partial charge in [-0.2, -0.15) is 0 Å². The lowest BCUT2D eigenvalue weighted by molar-refractivity contribution is 0.640. The standard InChI is InChI=1S/C12H14N6S/c1-9-10(2)17(7-13-9)3-11-4-18(16-15-11)5-12-6-19-8-14-12/h4,6-8H,3,5H2,1-2H3. The second-order valence-corrected chi connectivity index (χ2v) is 5.15. The average Bonchev–Trinajstić information content (AvgIpc) is 3.10. The molecule has 98 valence electrons. The first-order chi connectivity index (χ1) is 9.22. The SMILES string of the molecule is Cc1ncn(Cc2cn(Cc3cscn3)nn2)c1C. The molecule has 7 heteroatoms. The molecule has 0 aliphatic rings. The molecular weight excluding hydrogens is 260 g/mol. The molecule has 0 atom stereocenters. The van der Waals surface area contributed by atoms with Crippen LogP contribution in [0.25, 0.3) is 0 Å². The highest BCUT2D eigenvalue weighted by molar-refractivity contribution is 7.07. The number of rotatable bonds is 4. The van der Waals surface area contributed by atoms with Crippen LogP contribution in [0.4, 0.5) is 0 Å². The Labute approximate surface area is 114 Å². The van der Waals surface area contributed by atoms with E-state index in [2.05, 4.69) is 31.8 Å². The smallest absolute Gasteiger partial charge is 0.102 e. The molecule has 0 N–H and O–H groups in total. The van der Waals surface area contributed by atoms with E-state index in [1.807, 2.05) is 35.0 Å². The summed E-state index contributed by atoms with van der Waals surface area (Å²) in [6.45, 7) is 5.43. The lowest BCUT2D eigenvalue weighted by Gasteiger charge is -2.01. The van der Waals surface area contributed by atoms with Gasteiger partial charge in [-0.05, 0) is 13.8 Å². The number of hydrogen-bond donors (Lipinski definition) is 0. The topological polar surface area (TPSA) is 61.4 Å². The van der Waals surface area contributed by atoms with Gasteiger partial charge in [-0.25, -0.2) is 14.6 Å². The normalized spacial score (nSPS) is 11.1. The maximum atomic E-state index is 4.28. The van der Waals surface area contributed by atoms with Crippen molar-refractivity contribution < 1.29 is 0 Å². The van der Waals surface area contributed by atoms with E-state index < -0.39 is 0 Å². The molecule has 0 saturated heterocycles. The largest absolute Gasteiger partial charge is 0.328 e. The fraction of sp³-hybridized carbons (Fsp3) is 0.333. The Hall–Kier alpha value is -2.02. The van der Waals surface area contributed by atoms with E-state index >= 15 is 0 Å². The average molecular weight is 274 g/mol. The van der Waals surface area contributed by atoms with Crippen molar-refractivity contribution in [1.29, 1.82) is 0 Å². The van der Waals surface area contributed by atoms with E-state index in [1.165, 1.54) is 0 Å². The Balaban J connectivity index is 1.73. The zero-order valence-corrected chi connectivity index (χ0v) is 11.6. The molecule has 0 radical (unpaired) electrons. The van der Waals surface area contributed by atoms with E-state index in [4.69, 9.17) is 0 Å². The number of thiazole rings is 1. The van der Waals surface area contributed by atoms with Crippen LogP contribution in [0.1, 0.15) is 22.8 Å². The monoisotopic (exact) mass is 274 g/mol. The van der Waals surface area contributed by atoms with Crippen LogP contribution in [0.2, 0.25) is 0 Å². The van der Waals surface area contributed by atoms with Crippen molar-refractivity contribution >= 4 is 11.3 Å². The van der Waals surface area contributed by atoms with Crippen molar-refractivity contribution in [3.05, 3.63) is 46.2 Å². The first-order valence-corrected chi connectivity index (χ1v) is 6.91. The molecule has 3 heterocycles. The van der Waals surface area contributed by atoms with Gasteiger partial charge in [0.05, 0.1) is 42.5 Å². The minimum absolute atomic E-state index is 0.665. The van der Waals surface area contributed by atoms with Gasteiger partial charge in [-0.3, -0.25) is 0 Å². The highest BCUT2D eigenvalue weighted by Crippen LogP contribution is 2.08. The molecule has 3 aromatic heterocycles. The Morgan fingerprint density at radius 2 is 2.05 bits per heavy atom. The van der Waals surface area contributed by atoms with Gasteiger partial charge >= 0.3 is 0 Å². The third kappa shape index (κ3) is 2.55. The van der Waals surface area contributed by atoms with E-state index in [9.17, 15) is 0 Å². The Kier molecular flexibility index (Phi) is 3.12. The van der Waals surface area contributed by atoms with E-state index in [1.54, 1.807) is 11.3 Å². The summed E-state index contributed by atoms with van der Waals surface area (Å²) in [4.78, 5) is 8.52. The van der Waals surface area contributed by atoms with Crippen LogP contribution in [0, 0.1) is 13.8 Å². The number of aromatic nitrogens is 6. The second kappa shape index (κ2) is 4.93. The van der Waals surface area contributed by atoms with Crippen molar-refractivity contribution in [1.82, 2.24) is 29.5 Å². The predicted octanol–water partition coefficient (Wildman–Crippen LogP) is 1.64. The molecule has 0 spiro atoms. The highest BCUT2D eigenvalue weighted by atomic mass is 32.1. The third-order valence-electron chi connectivity index (χ3n) is 3.07. The third-order valence-corrected chi connectivity index (χ3v) is 3.71. The number of nitrogens with zero attached hydrogens (tertiary/aromatic N) is 6. The molecule has 0 unspecified atom stereocenters. The van der Waals surface area contributed by atoms with E-state index in [0.717, 1.165) is 22.8 Å². The Morgan fingerprint density at radius 1 is 1.16 bits per heavy atom. The summed E-state index contributed by atoms with van der Waals surface area (Å²) in [5.41, 5.74) is 5.97. The van der Waals surface area contributed by atoms with Crippen molar-refractivity contribution in [2.45, 2.75) is 26.9 Å². The van der Waals surface area contributed by atoms with Crippen molar-refractivity contribution in [3.8, 4) is 0 Å². The molecule has 0 saturated carbocycles. The Bertz CT molecular complexity index is 666. The summed E-state index contributed by atoms with van der Waals surface area (Å²) >= 11 is 1.59. The molecule has 6 nitrogen and oxygen atoms in total. The highest BCUT2D eigenvalue weighted by Gasteiger charge is 2.06. The minimum atomic E-state index is 0.665. The van der Waals surface area contributed by atoms with Crippen LogP contribution in [-0.2, 0) is 13.1 Å². The minimum Gasteiger partial charge on any atom is -0.328 e. The first-order valence-electron chi connectivity index (χ1n) is 5.97. The summed E-state index contributed by atoms with van der Waals surface area (Å²) in [7, 11) is 0. The molecular formula is C12H14N6S.